The lowest BCUT2D eigenvalue weighted by atomic mass is 10.3. The Morgan fingerprint density at radius 3 is 3.00 bits per heavy atom. The van der Waals surface area contributed by atoms with E-state index >= 15 is 0 Å². The molecule has 0 unspecified atom stereocenters. The molecule has 0 aliphatic rings. The number of hydrogen-bond donors (Lipinski definition) is 0. The van der Waals surface area contributed by atoms with E-state index in [1.807, 2.05) is 13.2 Å². The van der Waals surface area contributed by atoms with Crippen LogP contribution in [0.1, 0.15) is 0 Å². The van der Waals surface area contributed by atoms with Crippen molar-refractivity contribution in [2.24, 2.45) is 7.05 Å². The second-order valence-corrected chi connectivity index (χ2v) is 3.27. The topological polar surface area (TPSA) is 57.2 Å². The highest BCUT2D eigenvalue weighted by Crippen LogP contribution is 2.23. The first-order valence-electron chi connectivity index (χ1n) is 4.50. The molecule has 0 radical (unpaired) electrons. The fourth-order valence-corrected chi connectivity index (χ4v) is 1.66. The van der Waals surface area contributed by atoms with Crippen LogP contribution < -0.4 is 4.74 Å². The van der Waals surface area contributed by atoms with Gasteiger partial charge in [0.2, 0.25) is 0 Å². The van der Waals surface area contributed by atoms with Crippen molar-refractivity contribution in [1.82, 2.24) is 24.4 Å². The summed E-state index contributed by atoms with van der Waals surface area (Å²) in [6, 6.07) is 0. The minimum absolute atomic E-state index is 0.510. The highest BCUT2D eigenvalue weighted by molar-refractivity contribution is 5.93. The lowest BCUT2D eigenvalue weighted by Crippen LogP contribution is -1.96. The molecule has 0 spiro atoms. The van der Waals surface area contributed by atoms with Crippen molar-refractivity contribution in [3.8, 4) is 5.88 Å². The van der Waals surface area contributed by atoms with Gasteiger partial charge in [0, 0.05) is 25.6 Å². The maximum atomic E-state index is 5.18. The quantitative estimate of drug-likeness (QED) is 0.582. The molecule has 0 saturated heterocycles. The Bertz CT molecular complexity index is 638. The Morgan fingerprint density at radius 1 is 1.33 bits per heavy atom. The Balaban J connectivity index is 2.57. The van der Waals surface area contributed by atoms with Crippen molar-refractivity contribution in [3.05, 3.63) is 18.6 Å². The molecule has 0 saturated carbocycles. The van der Waals surface area contributed by atoms with Crippen LogP contribution in [0.3, 0.4) is 0 Å². The van der Waals surface area contributed by atoms with Gasteiger partial charge >= 0.3 is 0 Å². The number of fused-ring (bicyclic) bond motifs is 3. The molecule has 0 aliphatic carbocycles. The number of aromatic nitrogens is 5. The number of nitrogens with zero attached hydrogens (tertiary/aromatic N) is 5. The van der Waals surface area contributed by atoms with Crippen molar-refractivity contribution >= 4 is 16.6 Å². The largest absolute Gasteiger partial charge is 0.478 e. The van der Waals surface area contributed by atoms with E-state index in [1.54, 1.807) is 28.7 Å². The molecule has 0 aromatic carbocycles. The van der Waals surface area contributed by atoms with Crippen LogP contribution in [-0.2, 0) is 7.05 Å². The summed E-state index contributed by atoms with van der Waals surface area (Å²) in [5, 5.41) is 9.48. The predicted octanol–water partition coefficient (Wildman–Crippen LogP) is 0.625. The molecule has 0 fully saturated rings. The van der Waals surface area contributed by atoms with Crippen LogP contribution in [0.5, 0.6) is 5.88 Å². The maximum absolute atomic E-state index is 5.18. The lowest BCUT2D eigenvalue weighted by Gasteiger charge is -2.00. The molecule has 0 aliphatic heterocycles. The Labute approximate surface area is 85.1 Å². The third-order valence-electron chi connectivity index (χ3n) is 2.29. The van der Waals surface area contributed by atoms with Crippen LogP contribution in [0.25, 0.3) is 16.6 Å². The number of imidazole rings is 1. The average molecular weight is 203 g/mol. The molecule has 0 bridgehead atoms. The first kappa shape index (κ1) is 8.22. The molecule has 76 valence electrons. The van der Waals surface area contributed by atoms with Crippen molar-refractivity contribution in [3.63, 3.8) is 0 Å². The minimum Gasteiger partial charge on any atom is -0.478 e. The molecule has 3 aromatic rings. The van der Waals surface area contributed by atoms with Crippen molar-refractivity contribution in [2.45, 2.75) is 0 Å². The maximum Gasteiger partial charge on any atom is 0.260 e. The van der Waals surface area contributed by atoms with Gasteiger partial charge in [0.05, 0.1) is 12.5 Å². The van der Waals surface area contributed by atoms with Gasteiger partial charge in [-0.05, 0) is 0 Å². The van der Waals surface area contributed by atoms with E-state index < -0.39 is 0 Å². The number of ether oxygens (including phenoxy) is 1. The first-order chi connectivity index (χ1) is 7.29. The van der Waals surface area contributed by atoms with Crippen LogP contribution in [0.4, 0.5) is 0 Å². The smallest absolute Gasteiger partial charge is 0.260 e. The van der Waals surface area contributed by atoms with Gasteiger partial charge in [-0.1, -0.05) is 0 Å². The SMILES string of the molecule is COc1nn2ccnc2c2cn(C)nc12. The predicted molar refractivity (Wildman–Crippen MR) is 53.8 cm³/mol. The second kappa shape index (κ2) is 2.69. The molecule has 15 heavy (non-hydrogen) atoms. The number of rotatable bonds is 1. The van der Waals surface area contributed by atoms with E-state index in [-0.39, 0.29) is 0 Å². The van der Waals surface area contributed by atoms with E-state index in [9.17, 15) is 0 Å². The summed E-state index contributed by atoms with van der Waals surface area (Å²) in [4.78, 5) is 4.23. The summed E-state index contributed by atoms with van der Waals surface area (Å²) < 4.78 is 8.59. The zero-order valence-corrected chi connectivity index (χ0v) is 8.38. The normalized spacial score (nSPS) is 11.3. The van der Waals surface area contributed by atoms with Gasteiger partial charge in [0.25, 0.3) is 5.88 Å². The Kier molecular flexibility index (Phi) is 1.47. The zero-order valence-electron chi connectivity index (χ0n) is 8.38. The molecule has 6 heteroatoms. The molecule has 0 N–H and O–H groups in total. The van der Waals surface area contributed by atoms with E-state index in [2.05, 4.69) is 15.2 Å². The number of aryl methyl sites for hydroxylation is 1. The van der Waals surface area contributed by atoms with Gasteiger partial charge in [-0.3, -0.25) is 4.68 Å². The van der Waals surface area contributed by atoms with Crippen LogP contribution in [0.2, 0.25) is 0 Å². The second-order valence-electron chi connectivity index (χ2n) is 3.27. The molecular weight excluding hydrogens is 194 g/mol. The Hall–Kier alpha value is -2.11. The molecule has 0 amide bonds. The van der Waals surface area contributed by atoms with Gasteiger partial charge in [-0.15, -0.1) is 5.10 Å². The monoisotopic (exact) mass is 203 g/mol. The summed E-state index contributed by atoms with van der Waals surface area (Å²) in [5.74, 6) is 0.510. The molecule has 3 aromatic heterocycles. The zero-order chi connectivity index (χ0) is 10.4. The van der Waals surface area contributed by atoms with Gasteiger partial charge in [0.15, 0.2) is 11.2 Å². The van der Waals surface area contributed by atoms with Crippen LogP contribution in [0.15, 0.2) is 18.6 Å². The van der Waals surface area contributed by atoms with E-state index in [1.165, 1.54) is 0 Å². The Morgan fingerprint density at radius 2 is 2.20 bits per heavy atom. The first-order valence-corrected chi connectivity index (χ1v) is 4.50. The fraction of sp³-hybridized carbons (Fsp3) is 0.222. The van der Waals surface area contributed by atoms with E-state index in [0.717, 1.165) is 16.6 Å². The van der Waals surface area contributed by atoms with Gasteiger partial charge in [-0.25, -0.2) is 9.50 Å². The summed E-state index contributed by atoms with van der Waals surface area (Å²) in [7, 11) is 3.44. The third-order valence-corrected chi connectivity index (χ3v) is 2.29. The van der Waals surface area contributed by atoms with Crippen LogP contribution in [0, 0.1) is 0 Å². The summed E-state index contributed by atoms with van der Waals surface area (Å²) >= 11 is 0. The van der Waals surface area contributed by atoms with Crippen LogP contribution >= 0.6 is 0 Å². The summed E-state index contributed by atoms with van der Waals surface area (Å²) in [6.45, 7) is 0. The van der Waals surface area contributed by atoms with Gasteiger partial charge in [-0.2, -0.15) is 5.10 Å². The van der Waals surface area contributed by atoms with E-state index in [4.69, 9.17) is 4.74 Å². The number of hydrogen-bond acceptors (Lipinski definition) is 4. The van der Waals surface area contributed by atoms with Crippen LogP contribution in [-0.4, -0.2) is 31.5 Å². The molecule has 3 heterocycles. The highest BCUT2D eigenvalue weighted by atomic mass is 16.5. The summed E-state index contributed by atoms with van der Waals surface area (Å²) in [5.41, 5.74) is 1.53. The van der Waals surface area contributed by atoms with Crippen molar-refractivity contribution < 1.29 is 4.74 Å². The van der Waals surface area contributed by atoms with Crippen molar-refractivity contribution in [2.75, 3.05) is 7.11 Å². The third kappa shape index (κ3) is 1.01. The fourth-order valence-electron chi connectivity index (χ4n) is 1.66. The van der Waals surface area contributed by atoms with Gasteiger partial charge < -0.3 is 4.74 Å². The molecule has 6 nitrogen and oxygen atoms in total. The standard InChI is InChI=1S/C9H9N5O/c1-13-5-6-7(11-13)9(15-2)12-14-4-3-10-8(6)14/h3-5H,1-2H3. The van der Waals surface area contributed by atoms with Gasteiger partial charge in [0.1, 0.15) is 0 Å². The molecule has 3 rings (SSSR count). The number of methoxy groups -OCH3 is 1. The minimum atomic E-state index is 0.510. The van der Waals surface area contributed by atoms with Crippen molar-refractivity contribution in [1.29, 1.82) is 0 Å². The summed E-state index contributed by atoms with van der Waals surface area (Å²) in [6.07, 6.45) is 5.39. The molecule has 0 atom stereocenters. The van der Waals surface area contributed by atoms with E-state index in [0.29, 0.717) is 5.88 Å². The average Bonchev–Trinajstić information content (AvgIpc) is 2.80. The highest BCUT2D eigenvalue weighted by Gasteiger charge is 2.12. The lowest BCUT2D eigenvalue weighted by molar-refractivity contribution is 0.394. The molecular formula is C9H9N5O.